The number of hydrogen-bond donors (Lipinski definition) is 2. The molecule has 0 bridgehead atoms. The van der Waals surface area contributed by atoms with Gasteiger partial charge in [-0.1, -0.05) is 12.1 Å². The molecule has 2 N–H and O–H groups in total. The lowest BCUT2D eigenvalue weighted by atomic mass is 10.3. The number of rotatable bonds is 3. The lowest BCUT2D eigenvalue weighted by Crippen LogP contribution is -1.99. The molecule has 72 valence electrons. The van der Waals surface area contributed by atoms with Crippen molar-refractivity contribution in [3.05, 3.63) is 48.0 Å². The second-order valence-corrected chi connectivity index (χ2v) is 2.94. The molecule has 1 heterocycles. The summed E-state index contributed by atoms with van der Waals surface area (Å²) in [5, 5.41) is 9.48. The molecule has 2 aromatic rings. The Morgan fingerprint density at radius 3 is 2.93 bits per heavy atom. The smallest absolute Gasteiger partial charge is 0.146 e. The largest absolute Gasteiger partial charge is 0.378 e. The minimum Gasteiger partial charge on any atom is -0.378 e. The highest BCUT2D eigenvalue weighted by Gasteiger charge is 1.99. The summed E-state index contributed by atoms with van der Waals surface area (Å²) in [7, 11) is 0. The van der Waals surface area contributed by atoms with Crippen molar-refractivity contribution >= 4 is 5.69 Å². The van der Waals surface area contributed by atoms with Gasteiger partial charge in [0, 0.05) is 18.3 Å². The summed E-state index contributed by atoms with van der Waals surface area (Å²) in [6.45, 7) is 0.567. The van der Waals surface area contributed by atoms with Gasteiger partial charge in [-0.3, -0.25) is 5.10 Å². The van der Waals surface area contributed by atoms with Gasteiger partial charge in [-0.25, -0.2) is 4.39 Å². The first-order valence-corrected chi connectivity index (χ1v) is 4.32. The van der Waals surface area contributed by atoms with Gasteiger partial charge in [0.1, 0.15) is 5.82 Å². The van der Waals surface area contributed by atoms with Crippen LogP contribution < -0.4 is 5.32 Å². The van der Waals surface area contributed by atoms with Crippen LogP contribution in [0.2, 0.25) is 0 Å². The molecule has 2 rings (SSSR count). The molecule has 0 atom stereocenters. The number of halogens is 1. The first kappa shape index (κ1) is 8.74. The van der Waals surface area contributed by atoms with Crippen LogP contribution in [0.3, 0.4) is 0 Å². The summed E-state index contributed by atoms with van der Waals surface area (Å²) in [5.41, 5.74) is 1.50. The highest BCUT2D eigenvalue weighted by molar-refractivity contribution is 5.44. The fourth-order valence-electron chi connectivity index (χ4n) is 1.18. The SMILES string of the molecule is Fc1ccccc1NCc1cn[nH]c1. The van der Waals surface area contributed by atoms with Gasteiger partial charge in [-0.15, -0.1) is 0 Å². The van der Waals surface area contributed by atoms with Crippen LogP contribution >= 0.6 is 0 Å². The number of para-hydroxylation sites is 1. The van der Waals surface area contributed by atoms with Crippen LogP contribution in [0.15, 0.2) is 36.7 Å². The molecule has 1 aromatic carbocycles. The molecule has 1 aromatic heterocycles. The summed E-state index contributed by atoms with van der Waals surface area (Å²) in [4.78, 5) is 0. The maximum atomic E-state index is 13.1. The molecule has 3 nitrogen and oxygen atoms in total. The van der Waals surface area contributed by atoms with E-state index in [-0.39, 0.29) is 5.82 Å². The fraction of sp³-hybridized carbons (Fsp3) is 0.100. The van der Waals surface area contributed by atoms with E-state index in [1.807, 2.05) is 0 Å². The monoisotopic (exact) mass is 191 g/mol. The Hall–Kier alpha value is -1.84. The van der Waals surface area contributed by atoms with Crippen molar-refractivity contribution in [2.24, 2.45) is 0 Å². The molecular formula is C10H10FN3. The molecule has 0 spiro atoms. The molecular weight excluding hydrogens is 181 g/mol. The Morgan fingerprint density at radius 1 is 1.36 bits per heavy atom. The van der Waals surface area contributed by atoms with Gasteiger partial charge in [0.05, 0.1) is 11.9 Å². The first-order valence-electron chi connectivity index (χ1n) is 4.32. The van der Waals surface area contributed by atoms with Crippen molar-refractivity contribution in [3.63, 3.8) is 0 Å². The van der Waals surface area contributed by atoms with Gasteiger partial charge in [-0.05, 0) is 12.1 Å². The van der Waals surface area contributed by atoms with Crippen LogP contribution in [0.1, 0.15) is 5.56 Å². The van der Waals surface area contributed by atoms with Crippen LogP contribution in [0, 0.1) is 5.82 Å². The highest BCUT2D eigenvalue weighted by Crippen LogP contribution is 2.13. The van der Waals surface area contributed by atoms with Gasteiger partial charge < -0.3 is 5.32 Å². The zero-order valence-electron chi connectivity index (χ0n) is 7.50. The van der Waals surface area contributed by atoms with E-state index < -0.39 is 0 Å². The molecule has 0 aliphatic carbocycles. The highest BCUT2D eigenvalue weighted by atomic mass is 19.1. The average molecular weight is 191 g/mol. The Morgan fingerprint density at radius 2 is 2.21 bits per heavy atom. The molecule has 0 aliphatic heterocycles. The third kappa shape index (κ3) is 1.90. The first-order chi connectivity index (χ1) is 6.86. The van der Waals surface area contributed by atoms with Crippen molar-refractivity contribution in [2.75, 3.05) is 5.32 Å². The van der Waals surface area contributed by atoms with Gasteiger partial charge in [-0.2, -0.15) is 5.10 Å². The summed E-state index contributed by atoms with van der Waals surface area (Å²) in [6, 6.07) is 6.59. The maximum absolute atomic E-state index is 13.1. The number of hydrogen-bond acceptors (Lipinski definition) is 2. The summed E-state index contributed by atoms with van der Waals surface area (Å²) in [6.07, 6.45) is 3.47. The Balaban J connectivity index is 2.02. The average Bonchev–Trinajstić information content (AvgIpc) is 2.69. The number of aromatic nitrogens is 2. The van der Waals surface area contributed by atoms with E-state index >= 15 is 0 Å². The third-order valence-corrected chi connectivity index (χ3v) is 1.91. The van der Waals surface area contributed by atoms with Crippen LogP contribution in [0.5, 0.6) is 0 Å². The van der Waals surface area contributed by atoms with Gasteiger partial charge >= 0.3 is 0 Å². The molecule has 0 amide bonds. The normalized spacial score (nSPS) is 10.1. The number of nitrogens with zero attached hydrogens (tertiary/aromatic N) is 1. The lowest BCUT2D eigenvalue weighted by Gasteiger charge is -2.04. The molecule has 0 saturated heterocycles. The lowest BCUT2D eigenvalue weighted by molar-refractivity contribution is 0.630. The number of anilines is 1. The van der Waals surface area contributed by atoms with Crippen LogP contribution in [-0.2, 0) is 6.54 Å². The van der Waals surface area contributed by atoms with Crippen molar-refractivity contribution < 1.29 is 4.39 Å². The molecule has 0 radical (unpaired) electrons. The Bertz CT molecular complexity index is 398. The Kier molecular flexibility index (Phi) is 2.44. The van der Waals surface area contributed by atoms with E-state index in [2.05, 4.69) is 15.5 Å². The van der Waals surface area contributed by atoms with E-state index in [9.17, 15) is 4.39 Å². The minimum absolute atomic E-state index is 0.240. The van der Waals surface area contributed by atoms with Crippen molar-refractivity contribution in [1.82, 2.24) is 10.2 Å². The fourth-order valence-corrected chi connectivity index (χ4v) is 1.18. The maximum Gasteiger partial charge on any atom is 0.146 e. The van der Waals surface area contributed by atoms with Crippen LogP contribution in [0.25, 0.3) is 0 Å². The number of nitrogens with one attached hydrogen (secondary N) is 2. The van der Waals surface area contributed by atoms with E-state index in [1.165, 1.54) is 6.07 Å². The van der Waals surface area contributed by atoms with Gasteiger partial charge in [0.2, 0.25) is 0 Å². The van der Waals surface area contributed by atoms with Crippen molar-refractivity contribution in [2.45, 2.75) is 6.54 Å². The zero-order valence-corrected chi connectivity index (χ0v) is 7.50. The predicted molar refractivity (Wildman–Crippen MR) is 52.3 cm³/mol. The molecule has 0 unspecified atom stereocenters. The minimum atomic E-state index is -0.240. The number of benzene rings is 1. The third-order valence-electron chi connectivity index (χ3n) is 1.91. The van der Waals surface area contributed by atoms with Gasteiger partial charge in [0.25, 0.3) is 0 Å². The quantitative estimate of drug-likeness (QED) is 0.780. The van der Waals surface area contributed by atoms with Crippen molar-refractivity contribution in [3.8, 4) is 0 Å². The summed E-state index contributed by atoms with van der Waals surface area (Å²) < 4.78 is 13.1. The van der Waals surface area contributed by atoms with Crippen LogP contribution in [-0.4, -0.2) is 10.2 Å². The number of aromatic amines is 1. The van der Waals surface area contributed by atoms with E-state index in [4.69, 9.17) is 0 Å². The zero-order chi connectivity index (χ0) is 9.80. The molecule has 14 heavy (non-hydrogen) atoms. The van der Waals surface area contributed by atoms with E-state index in [0.717, 1.165) is 5.56 Å². The Labute approximate surface area is 81.0 Å². The molecule has 0 saturated carbocycles. The van der Waals surface area contributed by atoms with E-state index in [1.54, 1.807) is 30.6 Å². The molecule has 0 fully saturated rings. The number of H-pyrrole nitrogens is 1. The van der Waals surface area contributed by atoms with Gasteiger partial charge in [0.15, 0.2) is 0 Å². The van der Waals surface area contributed by atoms with E-state index in [0.29, 0.717) is 12.2 Å². The topological polar surface area (TPSA) is 40.7 Å². The van der Waals surface area contributed by atoms with Crippen LogP contribution in [0.4, 0.5) is 10.1 Å². The second-order valence-electron chi connectivity index (χ2n) is 2.94. The summed E-state index contributed by atoms with van der Waals surface area (Å²) >= 11 is 0. The molecule has 0 aliphatic rings. The standard InChI is InChI=1S/C10H10FN3/c11-9-3-1-2-4-10(9)12-5-8-6-13-14-7-8/h1-4,6-7,12H,5H2,(H,13,14). The summed E-state index contributed by atoms with van der Waals surface area (Å²) in [5.74, 6) is -0.240. The molecule has 4 heteroatoms. The van der Waals surface area contributed by atoms with Crippen molar-refractivity contribution in [1.29, 1.82) is 0 Å². The second kappa shape index (κ2) is 3.91. The predicted octanol–water partition coefficient (Wildman–Crippen LogP) is 2.16.